The number of hydrogen-bond acceptors (Lipinski definition) is 5. The van der Waals surface area contributed by atoms with E-state index in [1.165, 1.54) is 0 Å². The van der Waals surface area contributed by atoms with E-state index in [0.29, 0.717) is 24.5 Å². The summed E-state index contributed by atoms with van der Waals surface area (Å²) in [5.74, 6) is 1.15. The molecular weight excluding hydrogens is 380 g/mol. The molecule has 7 heteroatoms. The summed E-state index contributed by atoms with van der Waals surface area (Å²) >= 11 is 0. The Morgan fingerprint density at radius 3 is 2.83 bits per heavy atom. The van der Waals surface area contributed by atoms with Crippen LogP contribution in [-0.4, -0.2) is 40.0 Å². The van der Waals surface area contributed by atoms with Crippen LogP contribution in [0.4, 0.5) is 0 Å². The molecule has 4 rings (SSSR count). The van der Waals surface area contributed by atoms with Crippen LogP contribution >= 0.6 is 0 Å². The standard InChI is InChI=1S/C23H26N4O3/c1-16-12-17(2)27(26-16)22-10-9-18(13-24-22)14-25-23(28)20-7-3-4-8-21(20)30-15-19-6-5-11-29-19/h3-4,7-10,12-13,19H,5-6,11,14-15H2,1-2H3,(H,25,28). The van der Waals surface area contributed by atoms with Crippen LogP contribution in [0.15, 0.2) is 48.7 Å². The van der Waals surface area contributed by atoms with Gasteiger partial charge in [0.15, 0.2) is 5.82 Å². The summed E-state index contributed by atoms with van der Waals surface area (Å²) in [7, 11) is 0. The topological polar surface area (TPSA) is 78.3 Å². The van der Waals surface area contributed by atoms with Crippen molar-refractivity contribution in [3.05, 3.63) is 71.2 Å². The molecule has 0 aliphatic carbocycles. The number of nitrogens with zero attached hydrogens (tertiary/aromatic N) is 3. The number of aryl methyl sites for hydroxylation is 2. The lowest BCUT2D eigenvalue weighted by Crippen LogP contribution is -2.24. The molecule has 0 bridgehead atoms. The minimum absolute atomic E-state index is 0.105. The molecule has 1 aliphatic rings. The zero-order valence-electron chi connectivity index (χ0n) is 17.3. The molecule has 1 aliphatic heterocycles. The maximum Gasteiger partial charge on any atom is 0.255 e. The van der Waals surface area contributed by atoms with Gasteiger partial charge < -0.3 is 14.8 Å². The van der Waals surface area contributed by atoms with Gasteiger partial charge in [-0.3, -0.25) is 4.79 Å². The van der Waals surface area contributed by atoms with Crippen molar-refractivity contribution in [2.45, 2.75) is 39.3 Å². The second kappa shape index (κ2) is 9.09. The SMILES string of the molecule is Cc1cc(C)n(-c2ccc(CNC(=O)c3ccccc3OCC3CCCO3)cn2)n1. The number of benzene rings is 1. The van der Waals surface area contributed by atoms with E-state index in [4.69, 9.17) is 9.47 Å². The maximum atomic E-state index is 12.7. The summed E-state index contributed by atoms with van der Waals surface area (Å²) in [4.78, 5) is 17.2. The van der Waals surface area contributed by atoms with E-state index in [0.717, 1.165) is 42.2 Å². The number of ether oxygens (including phenoxy) is 2. The number of pyridine rings is 1. The minimum Gasteiger partial charge on any atom is -0.490 e. The van der Waals surface area contributed by atoms with Crippen LogP contribution in [0.3, 0.4) is 0 Å². The second-order valence-electron chi connectivity index (χ2n) is 7.49. The van der Waals surface area contributed by atoms with Crippen LogP contribution in [0.1, 0.15) is 40.2 Å². The number of amides is 1. The van der Waals surface area contributed by atoms with Crippen LogP contribution in [0.5, 0.6) is 5.75 Å². The highest BCUT2D eigenvalue weighted by Crippen LogP contribution is 2.20. The van der Waals surface area contributed by atoms with Crippen LogP contribution < -0.4 is 10.1 Å². The van der Waals surface area contributed by atoms with Crippen molar-refractivity contribution in [2.24, 2.45) is 0 Å². The zero-order valence-corrected chi connectivity index (χ0v) is 17.3. The van der Waals surface area contributed by atoms with Crippen LogP contribution in [-0.2, 0) is 11.3 Å². The summed E-state index contributed by atoms with van der Waals surface area (Å²) < 4.78 is 13.3. The lowest BCUT2D eigenvalue weighted by Gasteiger charge is -2.14. The van der Waals surface area contributed by atoms with E-state index in [9.17, 15) is 4.79 Å². The fourth-order valence-electron chi connectivity index (χ4n) is 3.52. The average molecular weight is 406 g/mol. The molecule has 0 radical (unpaired) electrons. The number of carbonyl (C=O) groups excluding carboxylic acids is 1. The molecule has 1 aromatic carbocycles. The molecule has 0 saturated carbocycles. The Hall–Kier alpha value is -3.19. The molecule has 1 saturated heterocycles. The largest absolute Gasteiger partial charge is 0.490 e. The van der Waals surface area contributed by atoms with Gasteiger partial charge in [0.1, 0.15) is 12.4 Å². The lowest BCUT2D eigenvalue weighted by molar-refractivity contribution is 0.0670. The van der Waals surface area contributed by atoms with Crippen LogP contribution in [0, 0.1) is 13.8 Å². The van der Waals surface area contributed by atoms with Gasteiger partial charge in [-0.05, 0) is 56.5 Å². The first-order chi connectivity index (χ1) is 14.6. The van der Waals surface area contributed by atoms with Gasteiger partial charge >= 0.3 is 0 Å². The molecule has 30 heavy (non-hydrogen) atoms. The quantitative estimate of drug-likeness (QED) is 0.651. The van der Waals surface area contributed by atoms with Gasteiger partial charge in [0, 0.05) is 25.0 Å². The molecule has 7 nitrogen and oxygen atoms in total. The number of hydrogen-bond donors (Lipinski definition) is 1. The predicted molar refractivity (Wildman–Crippen MR) is 113 cm³/mol. The molecule has 1 fully saturated rings. The van der Waals surface area contributed by atoms with E-state index < -0.39 is 0 Å². The van der Waals surface area contributed by atoms with Crippen molar-refractivity contribution in [3.63, 3.8) is 0 Å². The Morgan fingerprint density at radius 1 is 1.27 bits per heavy atom. The average Bonchev–Trinajstić information content (AvgIpc) is 3.40. The first kappa shape index (κ1) is 20.1. The Labute approximate surface area is 176 Å². The first-order valence-electron chi connectivity index (χ1n) is 10.2. The van der Waals surface area contributed by atoms with Crippen molar-refractivity contribution in [1.82, 2.24) is 20.1 Å². The Bertz CT molecular complexity index is 1010. The molecule has 156 valence electrons. The summed E-state index contributed by atoms with van der Waals surface area (Å²) in [6.07, 6.45) is 3.91. The van der Waals surface area contributed by atoms with Crippen molar-refractivity contribution in [2.75, 3.05) is 13.2 Å². The smallest absolute Gasteiger partial charge is 0.255 e. The van der Waals surface area contributed by atoms with Gasteiger partial charge in [0.25, 0.3) is 5.91 Å². The van der Waals surface area contributed by atoms with Crippen LogP contribution in [0.25, 0.3) is 5.82 Å². The first-order valence-corrected chi connectivity index (χ1v) is 10.2. The van der Waals surface area contributed by atoms with Gasteiger partial charge in [-0.2, -0.15) is 5.10 Å². The Kier molecular flexibility index (Phi) is 6.09. The highest BCUT2D eigenvalue weighted by atomic mass is 16.5. The summed E-state index contributed by atoms with van der Waals surface area (Å²) in [5, 5.41) is 7.39. The van der Waals surface area contributed by atoms with Crippen molar-refractivity contribution >= 4 is 5.91 Å². The third kappa shape index (κ3) is 4.68. The number of para-hydroxylation sites is 1. The normalized spacial score (nSPS) is 15.9. The van der Waals surface area contributed by atoms with Gasteiger partial charge in [0.05, 0.1) is 17.4 Å². The molecule has 1 atom stereocenters. The Balaban J connectivity index is 1.37. The van der Waals surface area contributed by atoms with Gasteiger partial charge in [-0.15, -0.1) is 0 Å². The molecule has 2 aromatic heterocycles. The van der Waals surface area contributed by atoms with E-state index in [-0.39, 0.29) is 12.0 Å². The molecule has 1 N–H and O–H groups in total. The van der Waals surface area contributed by atoms with Crippen molar-refractivity contribution in [3.8, 4) is 11.6 Å². The monoisotopic (exact) mass is 406 g/mol. The minimum atomic E-state index is -0.180. The number of carbonyl (C=O) groups is 1. The molecule has 0 spiro atoms. The summed E-state index contributed by atoms with van der Waals surface area (Å²) in [6.45, 7) is 5.57. The zero-order chi connectivity index (χ0) is 20.9. The summed E-state index contributed by atoms with van der Waals surface area (Å²) in [6, 6.07) is 13.1. The molecular formula is C23H26N4O3. The highest BCUT2D eigenvalue weighted by Gasteiger charge is 2.18. The van der Waals surface area contributed by atoms with Crippen LogP contribution in [0.2, 0.25) is 0 Å². The maximum absolute atomic E-state index is 12.7. The van der Waals surface area contributed by atoms with Gasteiger partial charge in [-0.25, -0.2) is 9.67 Å². The second-order valence-corrected chi connectivity index (χ2v) is 7.49. The number of aromatic nitrogens is 3. The fourth-order valence-corrected chi connectivity index (χ4v) is 3.52. The van der Waals surface area contributed by atoms with Gasteiger partial charge in [0.2, 0.25) is 0 Å². The molecule has 1 unspecified atom stereocenters. The van der Waals surface area contributed by atoms with Crippen molar-refractivity contribution < 1.29 is 14.3 Å². The Morgan fingerprint density at radius 2 is 2.13 bits per heavy atom. The van der Waals surface area contributed by atoms with Crippen molar-refractivity contribution in [1.29, 1.82) is 0 Å². The number of rotatable bonds is 7. The highest BCUT2D eigenvalue weighted by molar-refractivity contribution is 5.96. The van der Waals surface area contributed by atoms with E-state index in [2.05, 4.69) is 15.4 Å². The lowest BCUT2D eigenvalue weighted by atomic mass is 10.1. The number of nitrogens with one attached hydrogen (secondary N) is 1. The predicted octanol–water partition coefficient (Wildman–Crippen LogP) is 3.37. The molecule has 3 aromatic rings. The summed E-state index contributed by atoms with van der Waals surface area (Å²) in [5.41, 5.74) is 3.40. The molecule has 1 amide bonds. The third-order valence-corrected chi connectivity index (χ3v) is 5.07. The van der Waals surface area contributed by atoms with E-state index in [1.807, 2.05) is 50.2 Å². The van der Waals surface area contributed by atoms with Gasteiger partial charge in [-0.1, -0.05) is 18.2 Å². The molecule has 3 heterocycles. The van der Waals surface area contributed by atoms with E-state index >= 15 is 0 Å². The van der Waals surface area contributed by atoms with E-state index in [1.54, 1.807) is 16.9 Å². The third-order valence-electron chi connectivity index (χ3n) is 5.07. The fraction of sp³-hybridized carbons (Fsp3) is 0.348.